The first-order valence-electron chi connectivity index (χ1n) is 8.42. The lowest BCUT2D eigenvalue weighted by Gasteiger charge is -2.26. The molecule has 2 rings (SSSR count). The van der Waals surface area contributed by atoms with E-state index in [0.717, 1.165) is 12.1 Å². The maximum atomic E-state index is 12.5. The standard InChI is InChI=1S/C16H22F3N3O4S/c17-16(18,19)14-3-1-13(2-4-14)5-6-20-15(23)21-7-12-27(24,25)22-8-10-26-11-9-22/h1-4H,5-12H2,(H2,20,21,23). The Morgan fingerprint density at radius 2 is 1.67 bits per heavy atom. The Morgan fingerprint density at radius 3 is 2.26 bits per heavy atom. The molecule has 0 atom stereocenters. The van der Waals surface area contributed by atoms with Crippen molar-refractivity contribution in [1.29, 1.82) is 0 Å². The number of urea groups is 1. The second-order valence-electron chi connectivity index (χ2n) is 5.95. The quantitative estimate of drug-likeness (QED) is 0.709. The molecule has 27 heavy (non-hydrogen) atoms. The van der Waals surface area contributed by atoms with Gasteiger partial charge in [-0.05, 0) is 24.1 Å². The molecule has 2 amide bonds. The number of benzene rings is 1. The molecule has 152 valence electrons. The van der Waals surface area contributed by atoms with Gasteiger partial charge in [0.05, 0.1) is 24.5 Å². The first-order valence-corrected chi connectivity index (χ1v) is 10.0. The van der Waals surface area contributed by atoms with Crippen LogP contribution < -0.4 is 10.6 Å². The van der Waals surface area contributed by atoms with Crippen LogP contribution >= 0.6 is 0 Å². The second kappa shape index (κ2) is 9.38. The number of ether oxygens (including phenoxy) is 1. The van der Waals surface area contributed by atoms with E-state index in [4.69, 9.17) is 4.74 Å². The fourth-order valence-electron chi connectivity index (χ4n) is 2.49. The van der Waals surface area contributed by atoms with Gasteiger partial charge in [0, 0.05) is 26.2 Å². The van der Waals surface area contributed by atoms with Crippen LogP contribution in [-0.2, 0) is 27.4 Å². The van der Waals surface area contributed by atoms with Gasteiger partial charge in [-0.1, -0.05) is 12.1 Å². The van der Waals surface area contributed by atoms with Gasteiger partial charge in [-0.2, -0.15) is 17.5 Å². The third-order valence-corrected chi connectivity index (χ3v) is 5.86. The topological polar surface area (TPSA) is 87.7 Å². The molecule has 1 heterocycles. The van der Waals surface area contributed by atoms with Crippen LogP contribution in [0.4, 0.5) is 18.0 Å². The monoisotopic (exact) mass is 409 g/mol. The number of carbonyl (C=O) groups excluding carboxylic acids is 1. The molecule has 2 N–H and O–H groups in total. The molecule has 0 aromatic heterocycles. The fraction of sp³-hybridized carbons (Fsp3) is 0.562. The molecule has 11 heteroatoms. The molecular weight excluding hydrogens is 387 g/mol. The SMILES string of the molecule is O=C(NCCc1ccc(C(F)(F)F)cc1)NCCS(=O)(=O)N1CCOCC1. The number of halogens is 3. The zero-order chi connectivity index (χ0) is 19.9. The maximum absolute atomic E-state index is 12.5. The minimum atomic E-state index is -4.38. The van der Waals surface area contributed by atoms with Crippen LogP contribution in [0.25, 0.3) is 0 Å². The molecule has 7 nitrogen and oxygen atoms in total. The molecule has 0 aliphatic carbocycles. The van der Waals surface area contributed by atoms with E-state index >= 15 is 0 Å². The number of nitrogens with zero attached hydrogens (tertiary/aromatic N) is 1. The van der Waals surface area contributed by atoms with Crippen molar-refractivity contribution in [3.8, 4) is 0 Å². The van der Waals surface area contributed by atoms with Gasteiger partial charge >= 0.3 is 12.2 Å². The maximum Gasteiger partial charge on any atom is 0.416 e. The molecule has 1 aromatic rings. The Balaban J connectivity index is 1.66. The molecule has 1 aliphatic rings. The smallest absolute Gasteiger partial charge is 0.379 e. The van der Waals surface area contributed by atoms with Gasteiger partial charge in [-0.3, -0.25) is 0 Å². The van der Waals surface area contributed by atoms with E-state index in [1.165, 1.54) is 16.4 Å². The highest BCUT2D eigenvalue weighted by Crippen LogP contribution is 2.29. The lowest BCUT2D eigenvalue weighted by Crippen LogP contribution is -2.45. The van der Waals surface area contributed by atoms with Gasteiger partial charge in [-0.25, -0.2) is 13.2 Å². The molecule has 0 bridgehead atoms. The number of carbonyl (C=O) groups is 1. The van der Waals surface area contributed by atoms with Crippen molar-refractivity contribution in [2.75, 3.05) is 45.1 Å². The summed E-state index contributed by atoms with van der Waals surface area (Å²) in [6.45, 7) is 1.51. The summed E-state index contributed by atoms with van der Waals surface area (Å²) in [5.41, 5.74) is -0.0726. The summed E-state index contributed by atoms with van der Waals surface area (Å²) in [4.78, 5) is 11.7. The lowest BCUT2D eigenvalue weighted by molar-refractivity contribution is -0.137. The van der Waals surface area contributed by atoms with Crippen LogP contribution in [0.1, 0.15) is 11.1 Å². The molecule has 1 aromatic carbocycles. The van der Waals surface area contributed by atoms with Crippen molar-refractivity contribution in [1.82, 2.24) is 14.9 Å². The Kier molecular flexibility index (Phi) is 7.45. The van der Waals surface area contributed by atoms with Gasteiger partial charge < -0.3 is 15.4 Å². The summed E-state index contributed by atoms with van der Waals surface area (Å²) in [5.74, 6) is -0.209. The third-order valence-electron chi connectivity index (χ3n) is 3.99. The second-order valence-corrected chi connectivity index (χ2v) is 8.04. The minimum Gasteiger partial charge on any atom is -0.379 e. The van der Waals surface area contributed by atoms with Gasteiger partial charge in [0.2, 0.25) is 10.0 Å². The number of amides is 2. The van der Waals surface area contributed by atoms with Gasteiger partial charge in [0.15, 0.2) is 0 Å². The van der Waals surface area contributed by atoms with Crippen molar-refractivity contribution in [2.24, 2.45) is 0 Å². The predicted octanol–water partition coefficient (Wildman–Crippen LogP) is 1.21. The number of hydrogen-bond donors (Lipinski definition) is 2. The lowest BCUT2D eigenvalue weighted by atomic mass is 10.1. The molecule has 0 spiro atoms. The first-order chi connectivity index (χ1) is 12.7. The number of alkyl halides is 3. The Morgan fingerprint density at radius 1 is 1.07 bits per heavy atom. The van der Waals surface area contributed by atoms with Crippen molar-refractivity contribution in [3.63, 3.8) is 0 Å². The van der Waals surface area contributed by atoms with Gasteiger partial charge in [0.25, 0.3) is 0 Å². The Hall–Kier alpha value is -1.85. The van der Waals surface area contributed by atoms with Crippen LogP contribution in [0.3, 0.4) is 0 Å². The Bertz CT molecular complexity index is 717. The van der Waals surface area contributed by atoms with Crippen molar-refractivity contribution in [3.05, 3.63) is 35.4 Å². The molecule has 0 unspecified atom stereocenters. The van der Waals surface area contributed by atoms with E-state index < -0.39 is 27.8 Å². The molecular formula is C16H22F3N3O4S. The van der Waals surface area contributed by atoms with Crippen LogP contribution in [0.5, 0.6) is 0 Å². The summed E-state index contributed by atoms with van der Waals surface area (Å²) >= 11 is 0. The van der Waals surface area contributed by atoms with E-state index in [2.05, 4.69) is 10.6 Å². The van der Waals surface area contributed by atoms with Crippen LogP contribution in [0, 0.1) is 0 Å². The summed E-state index contributed by atoms with van der Waals surface area (Å²) in [6, 6.07) is 4.17. The van der Waals surface area contributed by atoms with Crippen LogP contribution in [0.2, 0.25) is 0 Å². The number of nitrogens with one attached hydrogen (secondary N) is 2. The van der Waals surface area contributed by atoms with Crippen molar-refractivity contribution >= 4 is 16.1 Å². The van der Waals surface area contributed by atoms with E-state index in [1.807, 2.05) is 0 Å². The summed E-state index contributed by atoms with van der Waals surface area (Å²) < 4.78 is 68.0. The zero-order valence-corrected chi connectivity index (χ0v) is 15.4. The van der Waals surface area contributed by atoms with E-state index in [0.29, 0.717) is 38.3 Å². The average molecular weight is 409 g/mol. The van der Waals surface area contributed by atoms with E-state index in [1.54, 1.807) is 0 Å². The van der Waals surface area contributed by atoms with E-state index in [9.17, 15) is 26.4 Å². The van der Waals surface area contributed by atoms with Crippen LogP contribution in [-0.4, -0.2) is 63.9 Å². The fourth-order valence-corrected chi connectivity index (χ4v) is 3.81. The highest BCUT2D eigenvalue weighted by Gasteiger charge is 2.29. The largest absolute Gasteiger partial charge is 0.416 e. The number of morpholine rings is 1. The zero-order valence-electron chi connectivity index (χ0n) is 14.6. The normalized spacial score (nSPS) is 16.1. The van der Waals surface area contributed by atoms with Crippen LogP contribution in [0.15, 0.2) is 24.3 Å². The van der Waals surface area contributed by atoms with Gasteiger partial charge in [-0.15, -0.1) is 0 Å². The highest BCUT2D eigenvalue weighted by molar-refractivity contribution is 7.89. The molecule has 0 saturated carbocycles. The number of sulfonamides is 1. The van der Waals surface area contributed by atoms with Gasteiger partial charge in [0.1, 0.15) is 0 Å². The summed E-state index contributed by atoms with van der Waals surface area (Å²) in [5, 5.41) is 5.00. The first kappa shape index (κ1) is 21.5. The number of rotatable bonds is 7. The predicted molar refractivity (Wildman–Crippen MR) is 92.7 cm³/mol. The van der Waals surface area contributed by atoms with E-state index in [-0.39, 0.29) is 18.8 Å². The molecule has 0 radical (unpaired) electrons. The molecule has 1 aliphatic heterocycles. The summed E-state index contributed by atoms with van der Waals surface area (Å²) in [6.07, 6.45) is -4.02. The average Bonchev–Trinajstić information content (AvgIpc) is 2.62. The Labute approximate surface area is 155 Å². The van der Waals surface area contributed by atoms with Crippen molar-refractivity contribution in [2.45, 2.75) is 12.6 Å². The highest BCUT2D eigenvalue weighted by atomic mass is 32.2. The third kappa shape index (κ3) is 7.00. The number of hydrogen-bond acceptors (Lipinski definition) is 4. The molecule has 1 saturated heterocycles. The van der Waals surface area contributed by atoms with Crippen molar-refractivity contribution < 1.29 is 31.1 Å². The molecule has 1 fully saturated rings. The summed E-state index contributed by atoms with van der Waals surface area (Å²) in [7, 11) is -3.44. The minimum absolute atomic E-state index is 0.0359.